The van der Waals surface area contributed by atoms with Crippen LogP contribution in [0.4, 0.5) is 0 Å². The van der Waals surface area contributed by atoms with Crippen LogP contribution in [0.3, 0.4) is 0 Å². The van der Waals surface area contributed by atoms with Gasteiger partial charge in [-0.1, -0.05) is 18.2 Å². The lowest BCUT2D eigenvalue weighted by atomic mass is 9.90. The molecule has 1 unspecified atom stereocenters. The van der Waals surface area contributed by atoms with Gasteiger partial charge in [-0.05, 0) is 57.0 Å². The Hall–Kier alpha value is -2.64. The standard InChI is InChI=1S/C25H35N5O2/c1-4-13-30-23-10-7-20(26-12-11-19-5-8-21(32-3)9-6-19)18-22(23)24(27-30)25(31)29-16-14-28(2)15-17-29/h4-6,8-9,20,26H,1,7,10-18H2,2-3H3. The SMILES string of the molecule is C=CCn1nc(C(=O)N2CCN(C)CC2)c2c1CCC(NCCc1ccc(OC)cc1)C2. The van der Waals surface area contributed by atoms with Gasteiger partial charge in [-0.25, -0.2) is 0 Å². The predicted molar refractivity (Wildman–Crippen MR) is 126 cm³/mol. The molecule has 0 spiro atoms. The molecule has 32 heavy (non-hydrogen) atoms. The highest BCUT2D eigenvalue weighted by Crippen LogP contribution is 2.26. The van der Waals surface area contributed by atoms with Crippen LogP contribution in [0, 0.1) is 0 Å². The van der Waals surface area contributed by atoms with Crippen LogP contribution in [0.15, 0.2) is 36.9 Å². The number of amides is 1. The maximum absolute atomic E-state index is 13.3. The Morgan fingerprint density at radius 2 is 2.00 bits per heavy atom. The molecule has 4 rings (SSSR count). The first-order valence-corrected chi connectivity index (χ1v) is 11.6. The summed E-state index contributed by atoms with van der Waals surface area (Å²) < 4.78 is 7.22. The summed E-state index contributed by atoms with van der Waals surface area (Å²) in [6.07, 6.45) is 5.67. The predicted octanol–water partition coefficient (Wildman–Crippen LogP) is 2.15. The van der Waals surface area contributed by atoms with Gasteiger partial charge in [0.1, 0.15) is 5.75 Å². The number of carbonyl (C=O) groups is 1. The van der Waals surface area contributed by atoms with Crippen molar-refractivity contribution >= 4 is 5.91 Å². The smallest absolute Gasteiger partial charge is 0.274 e. The van der Waals surface area contributed by atoms with Gasteiger partial charge in [0.15, 0.2) is 5.69 Å². The minimum Gasteiger partial charge on any atom is -0.497 e. The van der Waals surface area contributed by atoms with E-state index in [1.54, 1.807) is 7.11 Å². The number of nitrogens with zero attached hydrogens (tertiary/aromatic N) is 4. The van der Waals surface area contributed by atoms with E-state index in [1.807, 2.05) is 27.8 Å². The molecule has 2 heterocycles. The van der Waals surface area contributed by atoms with Crippen molar-refractivity contribution in [3.8, 4) is 5.75 Å². The zero-order valence-electron chi connectivity index (χ0n) is 19.3. The summed E-state index contributed by atoms with van der Waals surface area (Å²) >= 11 is 0. The Morgan fingerprint density at radius 3 is 2.69 bits per heavy atom. The number of benzene rings is 1. The molecule has 1 atom stereocenters. The zero-order valence-corrected chi connectivity index (χ0v) is 19.3. The van der Waals surface area contributed by atoms with Gasteiger partial charge in [0.2, 0.25) is 0 Å². The number of carbonyl (C=O) groups excluding carboxylic acids is 1. The van der Waals surface area contributed by atoms with E-state index in [4.69, 9.17) is 9.84 Å². The number of hydrogen-bond acceptors (Lipinski definition) is 5. The van der Waals surface area contributed by atoms with Crippen molar-refractivity contribution in [1.29, 1.82) is 0 Å². The Labute approximate surface area is 191 Å². The fraction of sp³-hybridized carbons (Fsp3) is 0.520. The number of aromatic nitrogens is 2. The molecule has 7 heteroatoms. The summed E-state index contributed by atoms with van der Waals surface area (Å²) in [6.45, 7) is 8.79. The Bertz CT molecular complexity index is 929. The first-order chi connectivity index (χ1) is 15.6. The molecule has 1 amide bonds. The van der Waals surface area contributed by atoms with E-state index in [2.05, 4.69) is 36.0 Å². The molecular formula is C25H35N5O2. The molecule has 1 aromatic heterocycles. The molecule has 0 radical (unpaired) electrons. The summed E-state index contributed by atoms with van der Waals surface area (Å²) in [4.78, 5) is 17.6. The van der Waals surface area contributed by atoms with Crippen molar-refractivity contribution in [2.75, 3.05) is 46.9 Å². The lowest BCUT2D eigenvalue weighted by Gasteiger charge is -2.32. The van der Waals surface area contributed by atoms with Crippen molar-refractivity contribution < 1.29 is 9.53 Å². The lowest BCUT2D eigenvalue weighted by Crippen LogP contribution is -2.47. The van der Waals surface area contributed by atoms with E-state index < -0.39 is 0 Å². The van der Waals surface area contributed by atoms with Crippen LogP contribution >= 0.6 is 0 Å². The Morgan fingerprint density at radius 1 is 1.25 bits per heavy atom. The minimum absolute atomic E-state index is 0.0797. The second-order valence-electron chi connectivity index (χ2n) is 8.83. The van der Waals surface area contributed by atoms with Crippen molar-refractivity contribution in [3.63, 3.8) is 0 Å². The molecule has 2 aromatic rings. The summed E-state index contributed by atoms with van der Waals surface area (Å²) in [5.41, 5.74) is 4.27. The largest absolute Gasteiger partial charge is 0.497 e. The third-order valence-corrected chi connectivity index (χ3v) is 6.65. The fourth-order valence-corrected chi connectivity index (χ4v) is 4.68. The number of allylic oxidation sites excluding steroid dienone is 1. The minimum atomic E-state index is 0.0797. The van der Waals surface area contributed by atoms with Gasteiger partial charge in [-0.15, -0.1) is 6.58 Å². The number of nitrogens with one attached hydrogen (secondary N) is 1. The molecule has 1 aromatic carbocycles. The molecular weight excluding hydrogens is 402 g/mol. The highest BCUT2D eigenvalue weighted by molar-refractivity contribution is 5.94. The maximum atomic E-state index is 13.3. The van der Waals surface area contributed by atoms with Gasteiger partial charge in [0, 0.05) is 43.5 Å². The van der Waals surface area contributed by atoms with E-state index in [-0.39, 0.29) is 5.91 Å². The molecule has 0 bridgehead atoms. The average molecular weight is 438 g/mol. The van der Waals surface area contributed by atoms with Gasteiger partial charge in [0.25, 0.3) is 5.91 Å². The summed E-state index contributed by atoms with van der Waals surface area (Å²) in [6, 6.07) is 8.61. The summed E-state index contributed by atoms with van der Waals surface area (Å²) in [7, 11) is 3.79. The van der Waals surface area contributed by atoms with Crippen LogP contribution in [0.5, 0.6) is 5.75 Å². The summed E-state index contributed by atoms with van der Waals surface area (Å²) in [5.74, 6) is 0.964. The zero-order chi connectivity index (χ0) is 22.5. The van der Waals surface area contributed by atoms with Crippen molar-refractivity contribution in [1.82, 2.24) is 24.9 Å². The molecule has 2 aliphatic rings. The van der Waals surface area contributed by atoms with Crippen molar-refractivity contribution in [2.24, 2.45) is 0 Å². The molecule has 1 saturated heterocycles. The monoisotopic (exact) mass is 437 g/mol. The molecule has 172 valence electrons. The fourth-order valence-electron chi connectivity index (χ4n) is 4.68. The van der Waals surface area contributed by atoms with Gasteiger partial charge < -0.3 is 19.9 Å². The highest BCUT2D eigenvalue weighted by atomic mass is 16.5. The molecule has 1 aliphatic heterocycles. The highest BCUT2D eigenvalue weighted by Gasteiger charge is 2.31. The number of ether oxygens (including phenoxy) is 1. The van der Waals surface area contributed by atoms with E-state index in [9.17, 15) is 4.79 Å². The van der Waals surface area contributed by atoms with Crippen LogP contribution in [0.25, 0.3) is 0 Å². The average Bonchev–Trinajstić information content (AvgIpc) is 3.17. The number of rotatable bonds is 8. The van der Waals surface area contributed by atoms with E-state index in [0.717, 1.165) is 69.7 Å². The second kappa shape index (κ2) is 10.3. The number of methoxy groups -OCH3 is 1. The number of likely N-dealkylation sites (N-methyl/N-ethyl adjacent to an activating group) is 1. The van der Waals surface area contributed by atoms with Gasteiger partial charge in [-0.3, -0.25) is 9.48 Å². The third-order valence-electron chi connectivity index (χ3n) is 6.65. The Kier molecular flexibility index (Phi) is 7.27. The molecule has 1 fully saturated rings. The van der Waals surface area contributed by atoms with Gasteiger partial charge >= 0.3 is 0 Å². The maximum Gasteiger partial charge on any atom is 0.274 e. The normalized spacial score (nSPS) is 18.9. The lowest BCUT2D eigenvalue weighted by molar-refractivity contribution is 0.0656. The van der Waals surface area contributed by atoms with E-state index in [0.29, 0.717) is 18.3 Å². The Balaban J connectivity index is 1.42. The second-order valence-corrected chi connectivity index (χ2v) is 8.83. The number of piperazine rings is 1. The molecule has 1 N–H and O–H groups in total. The van der Waals surface area contributed by atoms with Gasteiger partial charge in [0.05, 0.1) is 13.7 Å². The van der Waals surface area contributed by atoms with Gasteiger partial charge in [-0.2, -0.15) is 5.10 Å². The van der Waals surface area contributed by atoms with Crippen molar-refractivity contribution in [3.05, 3.63) is 59.4 Å². The van der Waals surface area contributed by atoms with Crippen LogP contribution < -0.4 is 10.1 Å². The van der Waals surface area contributed by atoms with E-state index >= 15 is 0 Å². The number of fused-ring (bicyclic) bond motifs is 1. The van der Waals surface area contributed by atoms with Crippen LogP contribution in [-0.2, 0) is 25.8 Å². The summed E-state index contributed by atoms with van der Waals surface area (Å²) in [5, 5.41) is 8.47. The molecule has 0 saturated carbocycles. The first kappa shape index (κ1) is 22.6. The topological polar surface area (TPSA) is 62.6 Å². The van der Waals surface area contributed by atoms with Crippen LogP contribution in [-0.4, -0.2) is 78.4 Å². The van der Waals surface area contributed by atoms with Crippen molar-refractivity contribution in [2.45, 2.75) is 38.3 Å². The number of hydrogen-bond donors (Lipinski definition) is 1. The third kappa shape index (κ3) is 5.05. The quantitative estimate of drug-likeness (QED) is 0.642. The van der Waals surface area contributed by atoms with Crippen LogP contribution in [0.1, 0.15) is 33.7 Å². The first-order valence-electron chi connectivity index (χ1n) is 11.6. The molecule has 7 nitrogen and oxygen atoms in total. The van der Waals surface area contributed by atoms with Crippen LogP contribution in [0.2, 0.25) is 0 Å². The van der Waals surface area contributed by atoms with E-state index in [1.165, 1.54) is 11.3 Å². The molecule has 1 aliphatic carbocycles.